The first-order valence-corrected chi connectivity index (χ1v) is 5.00. The number of hydrogen-bond acceptors (Lipinski definition) is 5. The highest BCUT2D eigenvalue weighted by molar-refractivity contribution is 6.32. The van der Waals surface area contributed by atoms with Gasteiger partial charge in [0.15, 0.2) is 5.15 Å². The Morgan fingerprint density at radius 3 is 2.88 bits per heavy atom. The summed E-state index contributed by atoms with van der Waals surface area (Å²) in [5, 5.41) is 3.31. The number of aromatic nitrogens is 3. The van der Waals surface area contributed by atoms with Gasteiger partial charge in [-0.3, -0.25) is 4.98 Å². The molecule has 0 saturated heterocycles. The molecule has 5 nitrogen and oxygen atoms in total. The maximum Gasteiger partial charge on any atom is 0.154 e. The van der Waals surface area contributed by atoms with E-state index in [0.717, 1.165) is 5.69 Å². The molecule has 2 aromatic heterocycles. The summed E-state index contributed by atoms with van der Waals surface area (Å²) < 4.78 is 0. The monoisotopic (exact) mass is 235 g/mol. The molecule has 0 atom stereocenters. The van der Waals surface area contributed by atoms with Gasteiger partial charge in [0.2, 0.25) is 0 Å². The molecule has 3 N–H and O–H groups in total. The van der Waals surface area contributed by atoms with Crippen LogP contribution in [0, 0.1) is 6.92 Å². The van der Waals surface area contributed by atoms with Crippen LogP contribution in [0.2, 0.25) is 5.15 Å². The summed E-state index contributed by atoms with van der Waals surface area (Å²) in [4.78, 5) is 12.1. The van der Waals surface area contributed by atoms with Gasteiger partial charge in [-0.25, -0.2) is 9.97 Å². The quantitative estimate of drug-likeness (QED) is 0.780. The number of hydrogen-bond donors (Lipinski definition) is 2. The minimum absolute atomic E-state index is 0.284. The van der Waals surface area contributed by atoms with Gasteiger partial charge >= 0.3 is 0 Å². The standard InChI is InChI=1S/C10H10ClN5/c1-6-4-7(9(12)10(11)15-6)16-8-5-13-2-3-14-8/h2-5H,12H2,1H3,(H,14,15,16). The van der Waals surface area contributed by atoms with E-state index in [1.54, 1.807) is 24.7 Å². The summed E-state index contributed by atoms with van der Waals surface area (Å²) in [5.74, 6) is 0.607. The summed E-state index contributed by atoms with van der Waals surface area (Å²) in [5.41, 5.74) is 7.66. The average Bonchev–Trinajstić information content (AvgIpc) is 2.27. The number of pyridine rings is 1. The van der Waals surface area contributed by atoms with Crippen molar-refractivity contribution in [2.24, 2.45) is 0 Å². The molecule has 2 heterocycles. The molecule has 0 radical (unpaired) electrons. The Labute approximate surface area is 97.7 Å². The molecule has 2 rings (SSSR count). The van der Waals surface area contributed by atoms with Crippen molar-refractivity contribution in [1.29, 1.82) is 0 Å². The van der Waals surface area contributed by atoms with Crippen LogP contribution in [0.15, 0.2) is 24.7 Å². The Bertz CT molecular complexity index is 500. The van der Waals surface area contributed by atoms with Crippen molar-refractivity contribution >= 4 is 28.8 Å². The van der Waals surface area contributed by atoms with Crippen LogP contribution in [0.5, 0.6) is 0 Å². The first-order chi connectivity index (χ1) is 7.66. The summed E-state index contributed by atoms with van der Waals surface area (Å²) in [7, 11) is 0. The second kappa shape index (κ2) is 4.32. The van der Waals surface area contributed by atoms with Crippen molar-refractivity contribution in [3.63, 3.8) is 0 Å². The van der Waals surface area contributed by atoms with Crippen LogP contribution >= 0.6 is 11.6 Å². The Hall–Kier alpha value is -1.88. The van der Waals surface area contributed by atoms with Crippen LogP contribution in [0.4, 0.5) is 17.2 Å². The molecule has 0 spiro atoms. The average molecular weight is 236 g/mol. The van der Waals surface area contributed by atoms with Crippen molar-refractivity contribution in [3.8, 4) is 0 Å². The second-order valence-electron chi connectivity index (χ2n) is 3.23. The maximum atomic E-state index is 5.87. The summed E-state index contributed by atoms with van der Waals surface area (Å²) in [6.45, 7) is 1.84. The van der Waals surface area contributed by atoms with Gasteiger partial charge in [-0.2, -0.15) is 0 Å². The van der Waals surface area contributed by atoms with E-state index in [-0.39, 0.29) is 5.15 Å². The minimum Gasteiger partial charge on any atom is -0.395 e. The highest BCUT2D eigenvalue weighted by atomic mass is 35.5. The number of halogens is 1. The highest BCUT2D eigenvalue weighted by Gasteiger charge is 2.06. The molecular weight excluding hydrogens is 226 g/mol. The number of nitrogens with two attached hydrogens (primary N) is 1. The van der Waals surface area contributed by atoms with Crippen LogP contribution in [0.25, 0.3) is 0 Å². The molecule has 0 aliphatic carbocycles. The van der Waals surface area contributed by atoms with E-state index >= 15 is 0 Å². The predicted octanol–water partition coefficient (Wildman–Crippen LogP) is 2.16. The van der Waals surface area contributed by atoms with Gasteiger partial charge in [-0.1, -0.05) is 11.6 Å². The van der Waals surface area contributed by atoms with E-state index in [4.69, 9.17) is 17.3 Å². The second-order valence-corrected chi connectivity index (χ2v) is 3.59. The Kier molecular flexibility index (Phi) is 2.87. The minimum atomic E-state index is 0.284. The normalized spacial score (nSPS) is 10.1. The zero-order valence-electron chi connectivity index (χ0n) is 8.61. The van der Waals surface area contributed by atoms with Gasteiger partial charge in [0.1, 0.15) is 5.82 Å². The Balaban J connectivity index is 2.35. The van der Waals surface area contributed by atoms with Gasteiger partial charge in [0, 0.05) is 18.1 Å². The van der Waals surface area contributed by atoms with E-state index in [1.165, 1.54) is 0 Å². The maximum absolute atomic E-state index is 5.87. The van der Waals surface area contributed by atoms with Gasteiger partial charge < -0.3 is 11.1 Å². The molecule has 0 amide bonds. The lowest BCUT2D eigenvalue weighted by Gasteiger charge is -2.09. The lowest BCUT2D eigenvalue weighted by Crippen LogP contribution is -2.01. The number of nitrogens with one attached hydrogen (secondary N) is 1. The highest BCUT2D eigenvalue weighted by Crippen LogP contribution is 2.28. The SMILES string of the molecule is Cc1cc(Nc2cnccn2)c(N)c(Cl)n1. The fourth-order valence-corrected chi connectivity index (χ4v) is 1.49. The van der Waals surface area contributed by atoms with Crippen molar-refractivity contribution < 1.29 is 0 Å². The summed E-state index contributed by atoms with van der Waals surface area (Å²) >= 11 is 5.87. The number of nitrogen functional groups attached to an aromatic ring is 1. The van der Waals surface area contributed by atoms with Gasteiger partial charge in [-0.15, -0.1) is 0 Å². The van der Waals surface area contributed by atoms with E-state index < -0.39 is 0 Å². The molecule has 0 aliphatic rings. The fraction of sp³-hybridized carbons (Fsp3) is 0.100. The molecule has 0 bridgehead atoms. The van der Waals surface area contributed by atoms with E-state index in [2.05, 4.69) is 20.3 Å². The topological polar surface area (TPSA) is 76.7 Å². The molecular formula is C10H10ClN5. The van der Waals surface area contributed by atoms with Crippen molar-refractivity contribution in [2.45, 2.75) is 6.92 Å². The number of nitrogens with zero attached hydrogens (tertiary/aromatic N) is 3. The zero-order valence-corrected chi connectivity index (χ0v) is 9.36. The smallest absolute Gasteiger partial charge is 0.154 e. The molecule has 0 saturated carbocycles. The first-order valence-electron chi connectivity index (χ1n) is 4.62. The lowest BCUT2D eigenvalue weighted by molar-refractivity contribution is 1.18. The summed E-state index contributed by atoms with van der Waals surface area (Å²) in [6, 6.07) is 1.80. The molecule has 0 aliphatic heterocycles. The third-order valence-corrected chi connectivity index (χ3v) is 2.25. The van der Waals surface area contributed by atoms with Crippen LogP contribution in [-0.2, 0) is 0 Å². The summed E-state index contributed by atoms with van der Waals surface area (Å²) in [6.07, 6.45) is 4.79. The number of anilines is 3. The van der Waals surface area contributed by atoms with Gasteiger partial charge in [0.25, 0.3) is 0 Å². The first kappa shape index (κ1) is 10.6. The van der Waals surface area contributed by atoms with Crippen molar-refractivity contribution in [2.75, 3.05) is 11.1 Å². The van der Waals surface area contributed by atoms with Crippen LogP contribution in [-0.4, -0.2) is 15.0 Å². The molecule has 16 heavy (non-hydrogen) atoms. The number of aryl methyl sites for hydroxylation is 1. The Morgan fingerprint density at radius 1 is 1.38 bits per heavy atom. The van der Waals surface area contributed by atoms with Crippen molar-refractivity contribution in [3.05, 3.63) is 35.5 Å². The molecule has 6 heteroatoms. The lowest BCUT2D eigenvalue weighted by atomic mass is 10.3. The Morgan fingerprint density at radius 2 is 2.19 bits per heavy atom. The van der Waals surface area contributed by atoms with Crippen LogP contribution in [0.3, 0.4) is 0 Å². The van der Waals surface area contributed by atoms with Gasteiger partial charge in [-0.05, 0) is 13.0 Å². The molecule has 2 aromatic rings. The zero-order chi connectivity index (χ0) is 11.5. The molecule has 0 aromatic carbocycles. The molecule has 82 valence electrons. The fourth-order valence-electron chi connectivity index (χ4n) is 1.25. The van der Waals surface area contributed by atoms with Crippen LogP contribution < -0.4 is 11.1 Å². The third kappa shape index (κ3) is 2.20. The van der Waals surface area contributed by atoms with Crippen molar-refractivity contribution in [1.82, 2.24) is 15.0 Å². The van der Waals surface area contributed by atoms with Crippen LogP contribution in [0.1, 0.15) is 5.69 Å². The van der Waals surface area contributed by atoms with E-state index in [0.29, 0.717) is 17.2 Å². The third-order valence-electron chi connectivity index (χ3n) is 1.97. The van der Waals surface area contributed by atoms with E-state index in [9.17, 15) is 0 Å². The van der Waals surface area contributed by atoms with Gasteiger partial charge in [0.05, 0.1) is 17.6 Å². The predicted molar refractivity (Wildman–Crippen MR) is 63.7 cm³/mol. The van der Waals surface area contributed by atoms with E-state index in [1.807, 2.05) is 6.92 Å². The molecule has 0 fully saturated rings. The number of rotatable bonds is 2. The molecule has 0 unspecified atom stereocenters. The largest absolute Gasteiger partial charge is 0.395 e.